The Hall–Kier alpha value is -0.930. The van der Waals surface area contributed by atoms with Gasteiger partial charge in [-0.05, 0) is 48.3 Å². The molecule has 1 fully saturated rings. The number of hydrogen-bond donors (Lipinski definition) is 2. The van der Waals surface area contributed by atoms with Gasteiger partial charge < -0.3 is 0 Å². The van der Waals surface area contributed by atoms with E-state index < -0.39 is 0 Å². The minimum absolute atomic E-state index is 0.0394. The molecule has 1 aliphatic rings. The molecule has 0 radical (unpaired) electrons. The largest absolute Gasteiger partial charge is 0.271 e. The third-order valence-electron chi connectivity index (χ3n) is 4.48. The van der Waals surface area contributed by atoms with Crippen molar-refractivity contribution < 1.29 is 4.39 Å². The monoisotopic (exact) mass is 250 g/mol. The van der Waals surface area contributed by atoms with Gasteiger partial charge in [0.25, 0.3) is 0 Å². The first-order valence-electron chi connectivity index (χ1n) is 6.68. The van der Waals surface area contributed by atoms with Gasteiger partial charge in [0.1, 0.15) is 5.82 Å². The zero-order chi connectivity index (χ0) is 13.3. The number of nitrogens with two attached hydrogens (primary N) is 1. The van der Waals surface area contributed by atoms with Crippen molar-refractivity contribution in [3.05, 3.63) is 35.1 Å². The summed E-state index contributed by atoms with van der Waals surface area (Å²) in [6.45, 7) is 6.34. The van der Waals surface area contributed by atoms with Crippen LogP contribution >= 0.6 is 0 Å². The zero-order valence-corrected chi connectivity index (χ0v) is 11.5. The number of benzene rings is 1. The summed E-state index contributed by atoms with van der Waals surface area (Å²) in [6.07, 6.45) is 3.59. The molecule has 2 nitrogen and oxygen atoms in total. The van der Waals surface area contributed by atoms with Crippen LogP contribution in [-0.2, 0) is 0 Å². The number of hydrogen-bond acceptors (Lipinski definition) is 2. The van der Waals surface area contributed by atoms with Crippen LogP contribution in [0, 0.1) is 24.1 Å². The summed E-state index contributed by atoms with van der Waals surface area (Å²) in [4.78, 5) is 0. The minimum atomic E-state index is -0.149. The van der Waals surface area contributed by atoms with Gasteiger partial charge in [0.05, 0.1) is 0 Å². The summed E-state index contributed by atoms with van der Waals surface area (Å²) in [5, 5.41) is 0. The molecule has 100 valence electrons. The van der Waals surface area contributed by atoms with Crippen molar-refractivity contribution in [1.82, 2.24) is 5.43 Å². The Balaban J connectivity index is 2.30. The molecule has 2 atom stereocenters. The second kappa shape index (κ2) is 4.98. The molecule has 0 bridgehead atoms. The van der Waals surface area contributed by atoms with Crippen LogP contribution in [0.3, 0.4) is 0 Å². The van der Waals surface area contributed by atoms with E-state index in [0.29, 0.717) is 11.5 Å². The molecule has 2 rings (SSSR count). The molecule has 18 heavy (non-hydrogen) atoms. The fourth-order valence-corrected chi connectivity index (χ4v) is 3.22. The van der Waals surface area contributed by atoms with Crippen molar-refractivity contribution in [2.45, 2.75) is 46.1 Å². The first kappa shape index (κ1) is 13.5. The Bertz CT molecular complexity index is 429. The highest BCUT2D eigenvalue weighted by Gasteiger charge is 2.39. The molecular weight excluding hydrogens is 227 g/mol. The molecule has 0 heterocycles. The van der Waals surface area contributed by atoms with Crippen LogP contribution in [0.15, 0.2) is 18.2 Å². The zero-order valence-electron chi connectivity index (χ0n) is 11.5. The summed E-state index contributed by atoms with van der Waals surface area (Å²) in [6, 6.07) is 5.47. The first-order chi connectivity index (χ1) is 8.45. The topological polar surface area (TPSA) is 38.0 Å². The third-order valence-corrected chi connectivity index (χ3v) is 4.48. The highest BCUT2D eigenvalue weighted by Crippen LogP contribution is 2.48. The number of halogens is 1. The highest BCUT2D eigenvalue weighted by atomic mass is 19.1. The fourth-order valence-electron chi connectivity index (χ4n) is 3.22. The maximum atomic E-state index is 13.7. The minimum Gasteiger partial charge on any atom is -0.271 e. The molecule has 0 spiro atoms. The lowest BCUT2D eigenvalue weighted by Gasteiger charge is -2.34. The third kappa shape index (κ3) is 2.43. The van der Waals surface area contributed by atoms with Crippen LogP contribution in [0.4, 0.5) is 4.39 Å². The molecule has 1 aromatic rings. The van der Waals surface area contributed by atoms with Gasteiger partial charge in [-0.1, -0.05) is 32.4 Å². The van der Waals surface area contributed by atoms with Crippen molar-refractivity contribution in [2.75, 3.05) is 0 Å². The van der Waals surface area contributed by atoms with Crippen molar-refractivity contribution >= 4 is 0 Å². The molecule has 2 unspecified atom stereocenters. The van der Waals surface area contributed by atoms with Crippen molar-refractivity contribution in [1.29, 1.82) is 0 Å². The second-order valence-electron chi connectivity index (χ2n) is 6.14. The molecule has 0 saturated heterocycles. The van der Waals surface area contributed by atoms with E-state index in [4.69, 9.17) is 5.84 Å². The quantitative estimate of drug-likeness (QED) is 0.637. The highest BCUT2D eigenvalue weighted by molar-refractivity contribution is 5.26. The number of nitrogens with one attached hydrogen (secondary N) is 1. The van der Waals surface area contributed by atoms with E-state index in [1.165, 1.54) is 12.8 Å². The molecule has 0 aliphatic heterocycles. The summed E-state index contributed by atoms with van der Waals surface area (Å²) in [7, 11) is 0. The van der Waals surface area contributed by atoms with Gasteiger partial charge in [0.2, 0.25) is 0 Å². The van der Waals surface area contributed by atoms with E-state index >= 15 is 0 Å². The van der Waals surface area contributed by atoms with Crippen LogP contribution in [0.25, 0.3) is 0 Å². The SMILES string of the molecule is Cc1ccc(C(NN)C2CCCC2(C)C)cc1F. The van der Waals surface area contributed by atoms with E-state index in [2.05, 4.69) is 19.3 Å². The molecule has 0 amide bonds. The summed E-state index contributed by atoms with van der Waals surface area (Å²) in [5.74, 6) is 6.03. The predicted molar refractivity (Wildman–Crippen MR) is 72.3 cm³/mol. The smallest absolute Gasteiger partial charge is 0.126 e. The van der Waals surface area contributed by atoms with Crippen LogP contribution in [0.5, 0.6) is 0 Å². The van der Waals surface area contributed by atoms with Crippen LogP contribution in [0.2, 0.25) is 0 Å². The summed E-state index contributed by atoms with van der Waals surface area (Å²) >= 11 is 0. The lowest BCUT2D eigenvalue weighted by Crippen LogP contribution is -2.37. The summed E-state index contributed by atoms with van der Waals surface area (Å²) < 4.78 is 13.7. The van der Waals surface area contributed by atoms with E-state index in [9.17, 15) is 4.39 Å². The average molecular weight is 250 g/mol. The van der Waals surface area contributed by atoms with Gasteiger partial charge in [-0.2, -0.15) is 0 Å². The van der Waals surface area contributed by atoms with Crippen molar-refractivity contribution in [3.8, 4) is 0 Å². The van der Waals surface area contributed by atoms with Crippen LogP contribution in [-0.4, -0.2) is 0 Å². The standard InChI is InChI=1S/C15H23FN2/c1-10-6-7-11(9-13(10)16)14(18-17)12-5-4-8-15(12,2)3/h6-7,9,12,14,18H,4-5,8,17H2,1-3H3. The second-order valence-corrected chi connectivity index (χ2v) is 6.14. The Morgan fingerprint density at radius 1 is 1.44 bits per heavy atom. The maximum absolute atomic E-state index is 13.7. The van der Waals surface area contributed by atoms with Gasteiger partial charge in [-0.3, -0.25) is 11.3 Å². The molecule has 3 heteroatoms. The van der Waals surface area contributed by atoms with Crippen LogP contribution < -0.4 is 11.3 Å². The molecule has 1 aromatic carbocycles. The van der Waals surface area contributed by atoms with E-state index in [1.807, 2.05) is 12.1 Å². The lowest BCUT2D eigenvalue weighted by atomic mass is 9.75. The fraction of sp³-hybridized carbons (Fsp3) is 0.600. The Labute approximate surface area is 109 Å². The van der Waals surface area contributed by atoms with Gasteiger partial charge >= 0.3 is 0 Å². The maximum Gasteiger partial charge on any atom is 0.126 e. The Kier molecular flexibility index (Phi) is 3.74. The van der Waals surface area contributed by atoms with Gasteiger partial charge in [-0.25, -0.2) is 4.39 Å². The van der Waals surface area contributed by atoms with Gasteiger partial charge in [0, 0.05) is 6.04 Å². The van der Waals surface area contributed by atoms with Crippen LogP contribution in [0.1, 0.15) is 50.3 Å². The summed E-state index contributed by atoms with van der Waals surface area (Å²) in [5.41, 5.74) is 4.80. The van der Waals surface area contributed by atoms with Gasteiger partial charge in [-0.15, -0.1) is 0 Å². The molecule has 0 aromatic heterocycles. The molecule has 1 aliphatic carbocycles. The van der Waals surface area contributed by atoms with Gasteiger partial charge in [0.15, 0.2) is 0 Å². The normalized spacial score (nSPS) is 24.2. The molecular formula is C15H23FN2. The molecule has 1 saturated carbocycles. The van der Waals surface area contributed by atoms with E-state index in [-0.39, 0.29) is 17.3 Å². The molecule has 3 N–H and O–H groups in total. The van der Waals surface area contributed by atoms with E-state index in [1.54, 1.807) is 13.0 Å². The number of aryl methyl sites for hydroxylation is 1. The number of rotatable bonds is 3. The Morgan fingerprint density at radius 3 is 2.67 bits per heavy atom. The van der Waals surface area contributed by atoms with Crippen molar-refractivity contribution in [3.63, 3.8) is 0 Å². The number of hydrazine groups is 1. The lowest BCUT2D eigenvalue weighted by molar-refractivity contribution is 0.198. The first-order valence-corrected chi connectivity index (χ1v) is 6.68. The van der Waals surface area contributed by atoms with E-state index in [0.717, 1.165) is 12.0 Å². The average Bonchev–Trinajstić information content (AvgIpc) is 2.65. The Morgan fingerprint density at radius 2 is 2.17 bits per heavy atom. The van der Waals surface area contributed by atoms with Crippen molar-refractivity contribution in [2.24, 2.45) is 17.2 Å². The predicted octanol–water partition coefficient (Wildman–Crippen LogP) is 3.46.